The summed E-state index contributed by atoms with van der Waals surface area (Å²) in [5.41, 5.74) is 2.97. The molecule has 0 spiro atoms. The fraction of sp³-hybridized carbons (Fsp3) is 0.333. The first-order valence-electron chi connectivity index (χ1n) is 9.12. The molecule has 2 aromatic rings. The van der Waals surface area contributed by atoms with E-state index in [1.165, 1.54) is 11.1 Å². The zero-order valence-corrected chi connectivity index (χ0v) is 16.2. The number of guanidine groups is 1. The lowest BCUT2D eigenvalue weighted by Gasteiger charge is -2.12. The minimum Gasteiger partial charge on any atom is -0.497 e. The lowest BCUT2D eigenvalue weighted by atomic mass is 10.1. The fourth-order valence-electron chi connectivity index (χ4n) is 2.55. The van der Waals surface area contributed by atoms with E-state index in [9.17, 15) is 4.79 Å². The van der Waals surface area contributed by atoms with Crippen molar-refractivity contribution in [3.8, 4) is 5.75 Å². The van der Waals surface area contributed by atoms with E-state index in [1.54, 1.807) is 25.3 Å². The Morgan fingerprint density at radius 2 is 1.81 bits per heavy atom. The maximum atomic E-state index is 12.2. The Labute approximate surface area is 161 Å². The van der Waals surface area contributed by atoms with E-state index < -0.39 is 0 Å². The number of nitrogens with zero attached hydrogens (tertiary/aromatic N) is 1. The Bertz CT molecular complexity index is 774. The highest BCUT2D eigenvalue weighted by Gasteiger charge is 2.06. The zero-order valence-electron chi connectivity index (χ0n) is 16.2. The summed E-state index contributed by atoms with van der Waals surface area (Å²) in [5.74, 6) is 1.27. The molecule has 2 rings (SSSR count). The molecule has 0 bridgehead atoms. The van der Waals surface area contributed by atoms with Gasteiger partial charge >= 0.3 is 0 Å². The van der Waals surface area contributed by atoms with Crippen LogP contribution in [0.4, 0.5) is 0 Å². The van der Waals surface area contributed by atoms with E-state index in [-0.39, 0.29) is 5.91 Å². The molecule has 0 atom stereocenters. The van der Waals surface area contributed by atoms with Gasteiger partial charge in [-0.1, -0.05) is 35.9 Å². The molecule has 0 saturated carbocycles. The Morgan fingerprint density at radius 3 is 2.56 bits per heavy atom. The predicted molar refractivity (Wildman–Crippen MR) is 109 cm³/mol. The average Bonchev–Trinajstić information content (AvgIpc) is 2.69. The normalized spacial score (nSPS) is 11.0. The molecule has 0 heterocycles. The van der Waals surface area contributed by atoms with Crippen molar-refractivity contribution in [2.75, 3.05) is 26.7 Å². The summed E-state index contributed by atoms with van der Waals surface area (Å²) in [7, 11) is 1.58. The number of rotatable bonds is 8. The molecule has 0 fully saturated rings. The maximum absolute atomic E-state index is 12.2. The molecule has 0 radical (unpaired) electrons. The highest BCUT2D eigenvalue weighted by Crippen LogP contribution is 2.12. The fourth-order valence-corrected chi connectivity index (χ4v) is 2.55. The smallest absolute Gasteiger partial charge is 0.251 e. The molecule has 6 heteroatoms. The number of nitrogens with one attached hydrogen (secondary N) is 3. The van der Waals surface area contributed by atoms with Crippen LogP contribution >= 0.6 is 0 Å². The first-order chi connectivity index (χ1) is 13.1. The van der Waals surface area contributed by atoms with E-state index in [2.05, 4.69) is 46.1 Å². The molecule has 0 aliphatic rings. The highest BCUT2D eigenvalue weighted by atomic mass is 16.5. The second-order valence-corrected chi connectivity index (χ2v) is 6.10. The molecule has 1 amide bonds. The Hall–Kier alpha value is -3.02. The number of carbonyl (C=O) groups excluding carboxylic acids is 1. The number of aliphatic imine (C=N–C) groups is 1. The molecule has 2 aromatic carbocycles. The third-order valence-corrected chi connectivity index (χ3v) is 3.88. The van der Waals surface area contributed by atoms with Crippen LogP contribution in [0.1, 0.15) is 28.4 Å². The first kappa shape index (κ1) is 20.3. The molecule has 0 saturated heterocycles. The number of carbonyl (C=O) groups is 1. The summed E-state index contributed by atoms with van der Waals surface area (Å²) < 4.78 is 5.14. The van der Waals surface area contributed by atoms with Gasteiger partial charge in [-0.3, -0.25) is 4.79 Å². The Balaban J connectivity index is 1.81. The minimum absolute atomic E-state index is 0.127. The van der Waals surface area contributed by atoms with Crippen LogP contribution in [0.25, 0.3) is 0 Å². The van der Waals surface area contributed by atoms with Gasteiger partial charge in [0, 0.05) is 25.2 Å². The van der Waals surface area contributed by atoms with Gasteiger partial charge in [0.2, 0.25) is 0 Å². The summed E-state index contributed by atoms with van der Waals surface area (Å²) >= 11 is 0. The number of benzene rings is 2. The van der Waals surface area contributed by atoms with Gasteiger partial charge < -0.3 is 20.7 Å². The lowest BCUT2D eigenvalue weighted by Crippen LogP contribution is -2.41. The second-order valence-electron chi connectivity index (χ2n) is 6.10. The summed E-state index contributed by atoms with van der Waals surface area (Å²) in [6.07, 6.45) is 0. The van der Waals surface area contributed by atoms with Gasteiger partial charge in [0.15, 0.2) is 5.96 Å². The van der Waals surface area contributed by atoms with E-state index in [0.29, 0.717) is 30.9 Å². The van der Waals surface area contributed by atoms with Crippen LogP contribution in [0.15, 0.2) is 53.5 Å². The number of hydrogen-bond donors (Lipinski definition) is 3. The van der Waals surface area contributed by atoms with Gasteiger partial charge in [0.1, 0.15) is 5.75 Å². The van der Waals surface area contributed by atoms with Gasteiger partial charge in [0.05, 0.1) is 13.7 Å². The van der Waals surface area contributed by atoms with Crippen molar-refractivity contribution in [1.29, 1.82) is 0 Å². The molecular weight excluding hydrogens is 340 g/mol. The summed E-state index contributed by atoms with van der Waals surface area (Å²) in [4.78, 5) is 16.8. The third kappa shape index (κ3) is 7.01. The summed E-state index contributed by atoms with van der Waals surface area (Å²) in [6, 6.07) is 15.4. The number of methoxy groups -OCH3 is 1. The van der Waals surface area contributed by atoms with Gasteiger partial charge in [-0.25, -0.2) is 4.99 Å². The average molecular weight is 368 g/mol. The van der Waals surface area contributed by atoms with Crippen LogP contribution in [-0.4, -0.2) is 38.6 Å². The maximum Gasteiger partial charge on any atom is 0.251 e. The highest BCUT2D eigenvalue weighted by molar-refractivity contribution is 5.94. The molecule has 0 unspecified atom stereocenters. The predicted octanol–water partition coefficient (Wildman–Crippen LogP) is 2.49. The van der Waals surface area contributed by atoms with Crippen molar-refractivity contribution >= 4 is 11.9 Å². The SMILES string of the molecule is CCNC(=NCc1cccc(C)c1)NCCNC(=O)c1cccc(OC)c1. The Morgan fingerprint density at radius 1 is 1.04 bits per heavy atom. The van der Waals surface area contributed by atoms with Crippen LogP contribution in [0.2, 0.25) is 0 Å². The van der Waals surface area contributed by atoms with Crippen LogP contribution in [-0.2, 0) is 6.54 Å². The number of hydrogen-bond acceptors (Lipinski definition) is 3. The van der Waals surface area contributed by atoms with Crippen molar-refractivity contribution in [2.45, 2.75) is 20.4 Å². The number of ether oxygens (including phenoxy) is 1. The monoisotopic (exact) mass is 368 g/mol. The quantitative estimate of drug-likeness (QED) is 0.380. The molecule has 0 aliphatic carbocycles. The summed E-state index contributed by atoms with van der Waals surface area (Å²) in [6.45, 7) is 6.54. The molecule has 0 aliphatic heterocycles. The van der Waals surface area contributed by atoms with Gasteiger partial charge in [-0.2, -0.15) is 0 Å². The van der Waals surface area contributed by atoms with Crippen LogP contribution in [0.3, 0.4) is 0 Å². The largest absolute Gasteiger partial charge is 0.497 e. The van der Waals surface area contributed by atoms with E-state index in [4.69, 9.17) is 4.74 Å². The summed E-state index contributed by atoms with van der Waals surface area (Å²) in [5, 5.41) is 9.34. The lowest BCUT2D eigenvalue weighted by molar-refractivity contribution is 0.0954. The molecule has 3 N–H and O–H groups in total. The minimum atomic E-state index is -0.127. The van der Waals surface area contributed by atoms with Gasteiger partial charge in [0.25, 0.3) is 5.91 Å². The van der Waals surface area contributed by atoms with Crippen LogP contribution < -0.4 is 20.7 Å². The van der Waals surface area contributed by atoms with Crippen LogP contribution in [0, 0.1) is 6.92 Å². The van der Waals surface area contributed by atoms with Crippen molar-refractivity contribution < 1.29 is 9.53 Å². The van der Waals surface area contributed by atoms with Crippen molar-refractivity contribution in [3.63, 3.8) is 0 Å². The standard InChI is InChI=1S/C21H28N4O2/c1-4-22-21(25-15-17-8-5-7-16(2)13-17)24-12-11-23-20(26)18-9-6-10-19(14-18)27-3/h5-10,13-14H,4,11-12,15H2,1-3H3,(H,23,26)(H2,22,24,25). The van der Waals surface area contributed by atoms with Gasteiger partial charge in [-0.05, 0) is 37.6 Å². The molecule has 27 heavy (non-hydrogen) atoms. The topological polar surface area (TPSA) is 74.8 Å². The van der Waals surface area contributed by atoms with E-state index in [0.717, 1.165) is 12.5 Å². The first-order valence-corrected chi connectivity index (χ1v) is 9.12. The molecule has 144 valence electrons. The van der Waals surface area contributed by atoms with Crippen molar-refractivity contribution in [3.05, 3.63) is 65.2 Å². The molecule has 6 nitrogen and oxygen atoms in total. The third-order valence-electron chi connectivity index (χ3n) is 3.88. The van der Waals surface area contributed by atoms with E-state index >= 15 is 0 Å². The second kappa shape index (κ2) is 10.9. The number of amides is 1. The van der Waals surface area contributed by atoms with E-state index in [1.807, 2.05) is 19.1 Å². The number of aryl methyl sites for hydroxylation is 1. The van der Waals surface area contributed by atoms with Crippen LogP contribution in [0.5, 0.6) is 5.75 Å². The molecule has 0 aromatic heterocycles. The van der Waals surface area contributed by atoms with Crippen molar-refractivity contribution in [1.82, 2.24) is 16.0 Å². The van der Waals surface area contributed by atoms with Gasteiger partial charge in [-0.15, -0.1) is 0 Å². The van der Waals surface area contributed by atoms with Crippen molar-refractivity contribution in [2.24, 2.45) is 4.99 Å². The zero-order chi connectivity index (χ0) is 19.5. The Kier molecular flexibility index (Phi) is 8.16. The molecular formula is C21H28N4O2.